The van der Waals surface area contributed by atoms with Gasteiger partial charge in [0, 0.05) is 24.2 Å². The molecule has 0 atom stereocenters. The summed E-state index contributed by atoms with van der Waals surface area (Å²) >= 11 is 0. The van der Waals surface area contributed by atoms with Gasteiger partial charge >= 0.3 is 0 Å². The van der Waals surface area contributed by atoms with Crippen LogP contribution in [0.3, 0.4) is 0 Å². The standard InChI is InChI=1S/C16H28N2O/c1-5-16(2,3)18(4)11-8-12-19-15-10-7-6-9-14(15)13-17/h6-7,9-10H,5,8,11-13,17H2,1-4H3. The molecular weight excluding hydrogens is 236 g/mol. The molecule has 108 valence electrons. The fraction of sp³-hybridized carbons (Fsp3) is 0.625. The molecule has 1 aromatic rings. The Morgan fingerprint density at radius 1 is 1.26 bits per heavy atom. The Balaban J connectivity index is 2.35. The van der Waals surface area contributed by atoms with Crippen molar-refractivity contribution in [3.05, 3.63) is 29.8 Å². The average Bonchev–Trinajstić information content (AvgIpc) is 2.43. The lowest BCUT2D eigenvalue weighted by molar-refractivity contribution is 0.140. The van der Waals surface area contributed by atoms with Gasteiger partial charge in [-0.1, -0.05) is 25.1 Å². The second-order valence-corrected chi connectivity index (χ2v) is 5.60. The van der Waals surface area contributed by atoms with Crippen molar-refractivity contribution in [1.82, 2.24) is 4.90 Å². The number of nitrogens with zero attached hydrogens (tertiary/aromatic N) is 1. The van der Waals surface area contributed by atoms with Crippen LogP contribution in [0.4, 0.5) is 0 Å². The predicted octanol–water partition coefficient (Wildman–Crippen LogP) is 3.03. The van der Waals surface area contributed by atoms with E-state index in [4.69, 9.17) is 10.5 Å². The smallest absolute Gasteiger partial charge is 0.123 e. The maximum atomic E-state index is 5.82. The second kappa shape index (κ2) is 7.51. The van der Waals surface area contributed by atoms with E-state index in [1.165, 1.54) is 0 Å². The van der Waals surface area contributed by atoms with Crippen LogP contribution in [0.2, 0.25) is 0 Å². The first-order valence-electron chi connectivity index (χ1n) is 7.13. The summed E-state index contributed by atoms with van der Waals surface area (Å²) in [5.41, 5.74) is 7.02. The molecule has 3 nitrogen and oxygen atoms in total. The van der Waals surface area contributed by atoms with E-state index in [2.05, 4.69) is 32.7 Å². The lowest BCUT2D eigenvalue weighted by Crippen LogP contribution is -2.41. The van der Waals surface area contributed by atoms with Gasteiger partial charge in [0.25, 0.3) is 0 Å². The van der Waals surface area contributed by atoms with Crippen LogP contribution < -0.4 is 10.5 Å². The predicted molar refractivity (Wildman–Crippen MR) is 81.4 cm³/mol. The highest BCUT2D eigenvalue weighted by Gasteiger charge is 2.20. The van der Waals surface area contributed by atoms with Crippen molar-refractivity contribution in [1.29, 1.82) is 0 Å². The highest BCUT2D eigenvalue weighted by atomic mass is 16.5. The van der Waals surface area contributed by atoms with E-state index in [-0.39, 0.29) is 5.54 Å². The maximum Gasteiger partial charge on any atom is 0.123 e. The van der Waals surface area contributed by atoms with Crippen LogP contribution in [0.5, 0.6) is 5.75 Å². The summed E-state index contributed by atoms with van der Waals surface area (Å²) in [5, 5.41) is 0. The molecule has 19 heavy (non-hydrogen) atoms. The van der Waals surface area contributed by atoms with Crippen molar-refractivity contribution in [2.24, 2.45) is 5.73 Å². The molecule has 0 aliphatic rings. The first-order valence-corrected chi connectivity index (χ1v) is 7.13. The zero-order valence-corrected chi connectivity index (χ0v) is 12.8. The lowest BCUT2D eigenvalue weighted by atomic mass is 10.00. The monoisotopic (exact) mass is 264 g/mol. The summed E-state index contributed by atoms with van der Waals surface area (Å²) in [6.07, 6.45) is 2.18. The van der Waals surface area contributed by atoms with Gasteiger partial charge < -0.3 is 15.4 Å². The molecule has 2 N–H and O–H groups in total. The molecular formula is C16H28N2O. The van der Waals surface area contributed by atoms with E-state index in [0.717, 1.165) is 37.3 Å². The number of hydrogen-bond acceptors (Lipinski definition) is 3. The maximum absolute atomic E-state index is 5.82. The Labute approximate surface area is 117 Å². The Hall–Kier alpha value is -1.06. The van der Waals surface area contributed by atoms with Crippen molar-refractivity contribution < 1.29 is 4.74 Å². The van der Waals surface area contributed by atoms with Gasteiger partial charge in [0.1, 0.15) is 5.75 Å². The SMILES string of the molecule is CCC(C)(C)N(C)CCCOc1ccccc1CN. The molecule has 0 bridgehead atoms. The molecule has 1 aromatic carbocycles. The highest BCUT2D eigenvalue weighted by Crippen LogP contribution is 2.18. The molecule has 0 saturated heterocycles. The first kappa shape index (κ1) is 16.0. The molecule has 0 spiro atoms. The Morgan fingerprint density at radius 3 is 2.58 bits per heavy atom. The first-order chi connectivity index (χ1) is 9.01. The molecule has 0 amide bonds. The highest BCUT2D eigenvalue weighted by molar-refractivity contribution is 5.32. The average molecular weight is 264 g/mol. The van der Waals surface area contributed by atoms with E-state index in [1.807, 2.05) is 24.3 Å². The third kappa shape index (κ3) is 4.84. The normalized spacial score (nSPS) is 11.9. The summed E-state index contributed by atoms with van der Waals surface area (Å²) in [6, 6.07) is 7.98. The fourth-order valence-electron chi connectivity index (χ4n) is 1.87. The topological polar surface area (TPSA) is 38.5 Å². The number of benzene rings is 1. The third-order valence-electron chi connectivity index (χ3n) is 3.99. The van der Waals surface area contributed by atoms with Crippen LogP contribution in [0, 0.1) is 0 Å². The second-order valence-electron chi connectivity index (χ2n) is 5.60. The van der Waals surface area contributed by atoms with Crippen molar-refractivity contribution >= 4 is 0 Å². The molecule has 0 aliphatic heterocycles. The summed E-state index contributed by atoms with van der Waals surface area (Å²) in [7, 11) is 2.18. The number of rotatable bonds is 8. The summed E-state index contributed by atoms with van der Waals surface area (Å²) in [4.78, 5) is 2.39. The number of para-hydroxylation sites is 1. The minimum Gasteiger partial charge on any atom is -0.493 e. The van der Waals surface area contributed by atoms with E-state index >= 15 is 0 Å². The molecule has 0 aliphatic carbocycles. The van der Waals surface area contributed by atoms with E-state index in [0.29, 0.717) is 6.54 Å². The van der Waals surface area contributed by atoms with Gasteiger partial charge in [-0.15, -0.1) is 0 Å². The molecule has 0 saturated carbocycles. The zero-order valence-electron chi connectivity index (χ0n) is 12.8. The Kier molecular flexibility index (Phi) is 6.32. The molecule has 0 fully saturated rings. The van der Waals surface area contributed by atoms with Gasteiger partial charge in [-0.25, -0.2) is 0 Å². The van der Waals surface area contributed by atoms with Crippen LogP contribution in [0.15, 0.2) is 24.3 Å². The van der Waals surface area contributed by atoms with Crippen LogP contribution in [-0.2, 0) is 6.54 Å². The Morgan fingerprint density at radius 2 is 1.95 bits per heavy atom. The van der Waals surface area contributed by atoms with Crippen LogP contribution in [-0.4, -0.2) is 30.6 Å². The van der Waals surface area contributed by atoms with Crippen LogP contribution in [0.1, 0.15) is 39.2 Å². The number of ether oxygens (including phenoxy) is 1. The van der Waals surface area contributed by atoms with Crippen molar-refractivity contribution in [3.8, 4) is 5.75 Å². The molecule has 0 aromatic heterocycles. The fourth-order valence-corrected chi connectivity index (χ4v) is 1.87. The summed E-state index contributed by atoms with van der Waals surface area (Å²) in [5.74, 6) is 0.919. The number of nitrogens with two attached hydrogens (primary N) is 1. The molecule has 0 heterocycles. The minimum absolute atomic E-state index is 0.259. The van der Waals surface area contributed by atoms with E-state index in [9.17, 15) is 0 Å². The minimum atomic E-state index is 0.259. The van der Waals surface area contributed by atoms with Gasteiger partial charge in [0.2, 0.25) is 0 Å². The van der Waals surface area contributed by atoms with Gasteiger partial charge in [-0.05, 0) is 39.8 Å². The molecule has 1 rings (SSSR count). The molecule has 0 unspecified atom stereocenters. The van der Waals surface area contributed by atoms with Crippen LogP contribution in [0.25, 0.3) is 0 Å². The molecule has 0 radical (unpaired) electrons. The van der Waals surface area contributed by atoms with Gasteiger partial charge in [-0.3, -0.25) is 0 Å². The molecule has 3 heteroatoms. The largest absolute Gasteiger partial charge is 0.493 e. The summed E-state index contributed by atoms with van der Waals surface area (Å²) in [6.45, 7) is 9.09. The number of hydrogen-bond donors (Lipinski definition) is 1. The van der Waals surface area contributed by atoms with Gasteiger partial charge in [-0.2, -0.15) is 0 Å². The summed E-state index contributed by atoms with van der Waals surface area (Å²) < 4.78 is 5.82. The van der Waals surface area contributed by atoms with E-state index in [1.54, 1.807) is 0 Å². The van der Waals surface area contributed by atoms with E-state index < -0.39 is 0 Å². The third-order valence-corrected chi connectivity index (χ3v) is 3.99. The van der Waals surface area contributed by atoms with Crippen molar-refractivity contribution in [3.63, 3.8) is 0 Å². The zero-order chi connectivity index (χ0) is 14.3. The van der Waals surface area contributed by atoms with Crippen molar-refractivity contribution in [2.45, 2.75) is 45.7 Å². The van der Waals surface area contributed by atoms with Crippen LogP contribution >= 0.6 is 0 Å². The lowest BCUT2D eigenvalue weighted by Gasteiger charge is -2.34. The van der Waals surface area contributed by atoms with Gasteiger partial charge in [0.05, 0.1) is 6.61 Å². The Bertz CT molecular complexity index is 377. The van der Waals surface area contributed by atoms with Gasteiger partial charge in [0.15, 0.2) is 0 Å². The quantitative estimate of drug-likeness (QED) is 0.733. The van der Waals surface area contributed by atoms with Crippen molar-refractivity contribution in [2.75, 3.05) is 20.2 Å².